The van der Waals surface area contributed by atoms with Crippen LogP contribution in [0.15, 0.2) is 24.3 Å². The van der Waals surface area contributed by atoms with Crippen molar-refractivity contribution in [3.05, 3.63) is 35.6 Å². The Morgan fingerprint density at radius 1 is 1.39 bits per heavy atom. The van der Waals surface area contributed by atoms with Crippen LogP contribution in [0.1, 0.15) is 25.3 Å². The van der Waals surface area contributed by atoms with Gasteiger partial charge in [0.2, 0.25) is 15.9 Å². The van der Waals surface area contributed by atoms with Crippen LogP contribution in [0.5, 0.6) is 0 Å². The van der Waals surface area contributed by atoms with Crippen LogP contribution >= 0.6 is 0 Å². The predicted octanol–water partition coefficient (Wildman–Crippen LogP) is 1.85. The van der Waals surface area contributed by atoms with Gasteiger partial charge in [-0.2, -0.15) is 4.31 Å². The van der Waals surface area contributed by atoms with Crippen LogP contribution in [0.3, 0.4) is 0 Å². The van der Waals surface area contributed by atoms with Crippen LogP contribution in [0, 0.1) is 11.7 Å². The predicted molar refractivity (Wildman–Crippen MR) is 86.6 cm³/mol. The molecule has 0 bridgehead atoms. The number of sulfonamides is 1. The molecule has 1 fully saturated rings. The second-order valence-electron chi connectivity index (χ2n) is 6.21. The third-order valence-corrected chi connectivity index (χ3v) is 5.29. The number of nitrogens with zero attached hydrogens (tertiary/aromatic N) is 2. The van der Waals surface area contributed by atoms with Gasteiger partial charge in [0.05, 0.1) is 12.8 Å². The second kappa shape index (κ2) is 7.40. The first kappa shape index (κ1) is 17.9. The van der Waals surface area contributed by atoms with E-state index in [2.05, 4.69) is 6.92 Å². The molecule has 1 aromatic carbocycles. The molecular weight excluding hydrogens is 319 g/mol. The van der Waals surface area contributed by atoms with Gasteiger partial charge in [-0.3, -0.25) is 4.79 Å². The van der Waals surface area contributed by atoms with E-state index >= 15 is 0 Å². The minimum Gasteiger partial charge on any atom is -0.341 e. The number of carbonyl (C=O) groups excluding carboxylic acids is 1. The number of hydrogen-bond acceptors (Lipinski definition) is 3. The molecule has 0 saturated carbocycles. The van der Waals surface area contributed by atoms with Crippen molar-refractivity contribution in [3.63, 3.8) is 0 Å². The lowest BCUT2D eigenvalue weighted by Crippen LogP contribution is -2.45. The number of halogens is 1. The summed E-state index contributed by atoms with van der Waals surface area (Å²) in [6.07, 6.45) is 3.05. The van der Waals surface area contributed by atoms with Gasteiger partial charge in [0, 0.05) is 25.2 Å². The Labute approximate surface area is 137 Å². The highest BCUT2D eigenvalue weighted by molar-refractivity contribution is 7.88. The van der Waals surface area contributed by atoms with Crippen LogP contribution in [-0.2, 0) is 21.4 Å². The molecule has 2 rings (SSSR count). The van der Waals surface area contributed by atoms with Crippen LogP contribution in [-0.4, -0.2) is 49.4 Å². The van der Waals surface area contributed by atoms with Gasteiger partial charge in [0.25, 0.3) is 0 Å². The van der Waals surface area contributed by atoms with Crippen LogP contribution < -0.4 is 0 Å². The van der Waals surface area contributed by atoms with Gasteiger partial charge in [-0.25, -0.2) is 12.8 Å². The zero-order chi connectivity index (χ0) is 17.0. The minimum absolute atomic E-state index is 0.138. The number of rotatable bonds is 5. The van der Waals surface area contributed by atoms with E-state index in [4.69, 9.17) is 0 Å². The Morgan fingerprint density at radius 2 is 2.09 bits per heavy atom. The zero-order valence-corrected chi connectivity index (χ0v) is 14.4. The summed E-state index contributed by atoms with van der Waals surface area (Å²) in [6.45, 7) is 2.99. The van der Waals surface area contributed by atoms with Crippen molar-refractivity contribution in [1.82, 2.24) is 9.21 Å². The van der Waals surface area contributed by atoms with E-state index in [0.29, 0.717) is 19.0 Å². The summed E-state index contributed by atoms with van der Waals surface area (Å²) in [6, 6.07) is 6.00. The van der Waals surface area contributed by atoms with Gasteiger partial charge >= 0.3 is 0 Å². The average molecular weight is 342 g/mol. The van der Waals surface area contributed by atoms with E-state index < -0.39 is 15.8 Å². The third-order valence-electron chi connectivity index (χ3n) is 4.09. The molecule has 1 aliphatic rings. The molecule has 0 spiro atoms. The summed E-state index contributed by atoms with van der Waals surface area (Å²) >= 11 is 0. The molecule has 1 atom stereocenters. The van der Waals surface area contributed by atoms with Crippen molar-refractivity contribution >= 4 is 15.9 Å². The largest absolute Gasteiger partial charge is 0.341 e. The van der Waals surface area contributed by atoms with E-state index in [0.717, 1.165) is 23.4 Å². The molecule has 0 aromatic heterocycles. The van der Waals surface area contributed by atoms with Crippen LogP contribution in [0.2, 0.25) is 0 Å². The number of piperidine rings is 1. The highest BCUT2D eigenvalue weighted by Gasteiger charge is 2.26. The summed E-state index contributed by atoms with van der Waals surface area (Å²) < 4.78 is 38.7. The summed E-state index contributed by atoms with van der Waals surface area (Å²) in [4.78, 5) is 14.1. The van der Waals surface area contributed by atoms with Crippen molar-refractivity contribution < 1.29 is 17.6 Å². The van der Waals surface area contributed by atoms with Gasteiger partial charge in [0.15, 0.2) is 0 Å². The monoisotopic (exact) mass is 342 g/mol. The molecule has 0 N–H and O–H groups in total. The maximum Gasteiger partial charge on any atom is 0.237 e. The van der Waals surface area contributed by atoms with Crippen LogP contribution in [0.4, 0.5) is 4.39 Å². The van der Waals surface area contributed by atoms with Gasteiger partial charge in [-0.1, -0.05) is 25.1 Å². The molecule has 0 radical (unpaired) electrons. The Morgan fingerprint density at radius 3 is 2.70 bits per heavy atom. The molecule has 1 amide bonds. The van der Waals surface area contributed by atoms with E-state index in [9.17, 15) is 17.6 Å². The molecule has 1 saturated heterocycles. The van der Waals surface area contributed by atoms with Gasteiger partial charge in [-0.15, -0.1) is 0 Å². The maximum absolute atomic E-state index is 13.8. The molecule has 0 aliphatic carbocycles. The highest BCUT2D eigenvalue weighted by atomic mass is 32.2. The Hall–Kier alpha value is -1.47. The Kier molecular flexibility index (Phi) is 5.75. The number of amides is 1. The topological polar surface area (TPSA) is 57.7 Å². The van der Waals surface area contributed by atoms with Gasteiger partial charge in [0.1, 0.15) is 5.82 Å². The lowest BCUT2D eigenvalue weighted by Gasteiger charge is -2.32. The fourth-order valence-electron chi connectivity index (χ4n) is 2.77. The van der Waals surface area contributed by atoms with Gasteiger partial charge in [-0.05, 0) is 24.8 Å². The second-order valence-corrected chi connectivity index (χ2v) is 8.19. The van der Waals surface area contributed by atoms with Gasteiger partial charge < -0.3 is 4.90 Å². The van der Waals surface area contributed by atoms with E-state index in [1.54, 1.807) is 17.0 Å². The number of likely N-dealkylation sites (tertiary alicyclic amines) is 1. The third kappa shape index (κ3) is 5.00. The Balaban J connectivity index is 2.10. The van der Waals surface area contributed by atoms with Crippen molar-refractivity contribution in [1.29, 1.82) is 0 Å². The normalized spacial score (nSPS) is 19.1. The fourth-order valence-corrected chi connectivity index (χ4v) is 3.49. The highest BCUT2D eigenvalue weighted by Crippen LogP contribution is 2.17. The maximum atomic E-state index is 13.8. The van der Waals surface area contributed by atoms with Crippen LogP contribution in [0.25, 0.3) is 0 Å². The van der Waals surface area contributed by atoms with Crippen molar-refractivity contribution in [2.45, 2.75) is 26.3 Å². The molecule has 7 heteroatoms. The fraction of sp³-hybridized carbons (Fsp3) is 0.562. The SMILES string of the molecule is C[C@@H]1CCCN(C(=O)CN(Cc2ccccc2F)S(C)(=O)=O)C1. The molecule has 1 heterocycles. The van der Waals surface area contributed by atoms with E-state index in [-0.39, 0.29) is 24.6 Å². The van der Waals surface area contributed by atoms with Crippen molar-refractivity contribution in [2.75, 3.05) is 25.9 Å². The molecule has 128 valence electrons. The summed E-state index contributed by atoms with van der Waals surface area (Å²) in [7, 11) is -3.61. The quantitative estimate of drug-likeness (QED) is 0.820. The number of benzene rings is 1. The summed E-state index contributed by atoms with van der Waals surface area (Å²) in [5.41, 5.74) is 0.262. The number of carbonyl (C=O) groups is 1. The lowest BCUT2D eigenvalue weighted by atomic mass is 10.0. The van der Waals surface area contributed by atoms with E-state index in [1.807, 2.05) is 0 Å². The first-order valence-corrected chi connectivity index (χ1v) is 9.58. The summed E-state index contributed by atoms with van der Waals surface area (Å²) in [5.74, 6) is -0.274. The molecule has 0 unspecified atom stereocenters. The average Bonchev–Trinajstić information content (AvgIpc) is 2.47. The zero-order valence-electron chi connectivity index (χ0n) is 13.5. The molecular formula is C16H23FN2O3S. The van der Waals surface area contributed by atoms with Crippen molar-refractivity contribution in [2.24, 2.45) is 5.92 Å². The summed E-state index contributed by atoms with van der Waals surface area (Å²) in [5, 5.41) is 0. The first-order chi connectivity index (χ1) is 10.8. The molecule has 23 heavy (non-hydrogen) atoms. The number of hydrogen-bond donors (Lipinski definition) is 0. The standard InChI is InChI=1S/C16H23FN2O3S/c1-13-6-5-9-18(10-13)16(20)12-19(23(2,21)22)11-14-7-3-4-8-15(14)17/h3-4,7-8,13H,5-6,9-12H2,1-2H3/t13-/m1/s1. The lowest BCUT2D eigenvalue weighted by molar-refractivity contribution is -0.133. The first-order valence-electron chi connectivity index (χ1n) is 7.73. The smallest absolute Gasteiger partial charge is 0.237 e. The van der Waals surface area contributed by atoms with Crippen molar-refractivity contribution in [3.8, 4) is 0 Å². The van der Waals surface area contributed by atoms with E-state index in [1.165, 1.54) is 12.1 Å². The minimum atomic E-state index is -3.61. The Bertz CT molecular complexity index is 663. The molecule has 5 nitrogen and oxygen atoms in total. The molecule has 1 aromatic rings. The molecule has 1 aliphatic heterocycles.